The standard InChI is InChI=1S/C20H25BrCl2F3NO3/c1-14(2)27-30-10-7-5-3-4-6-9-29-19-16(20(24,25)26)12-15(13-17(19)22)28-11-8-18(21)23/h8,12-13H,3-7,9-11H2,1-2H3/b18-8-. The van der Waals surface area contributed by atoms with Crippen LogP contribution in [0.2, 0.25) is 5.02 Å². The lowest BCUT2D eigenvalue weighted by Gasteiger charge is -2.17. The highest BCUT2D eigenvalue weighted by atomic mass is 79.9. The first-order valence-corrected chi connectivity index (χ1v) is 11.0. The molecule has 4 nitrogen and oxygen atoms in total. The van der Waals surface area contributed by atoms with Crippen molar-refractivity contribution >= 4 is 44.8 Å². The van der Waals surface area contributed by atoms with Gasteiger partial charge in [0.1, 0.15) is 30.3 Å². The molecule has 0 fully saturated rings. The molecule has 1 aromatic rings. The van der Waals surface area contributed by atoms with Crippen LogP contribution in [0.1, 0.15) is 51.5 Å². The highest BCUT2D eigenvalue weighted by Crippen LogP contribution is 2.43. The van der Waals surface area contributed by atoms with Gasteiger partial charge in [0, 0.05) is 6.07 Å². The second-order valence-electron chi connectivity index (χ2n) is 6.57. The third-order valence-corrected chi connectivity index (χ3v) is 4.44. The SMILES string of the molecule is CC(C)=NOCCCCCCCOc1c(Cl)cc(OC/C=C(\Cl)Br)cc1C(F)(F)F. The molecule has 170 valence electrons. The first-order chi connectivity index (χ1) is 14.1. The molecule has 0 saturated carbocycles. The fourth-order valence-corrected chi connectivity index (χ4v) is 2.82. The molecule has 0 aliphatic carbocycles. The molecule has 1 rings (SSSR count). The zero-order chi connectivity index (χ0) is 22.6. The van der Waals surface area contributed by atoms with Gasteiger partial charge in [0.05, 0.1) is 21.3 Å². The summed E-state index contributed by atoms with van der Waals surface area (Å²) in [5, 5.41) is 3.69. The average molecular weight is 535 g/mol. The Labute approximate surface area is 193 Å². The van der Waals surface area contributed by atoms with E-state index in [1.807, 2.05) is 13.8 Å². The minimum Gasteiger partial charge on any atom is -0.491 e. The number of halogens is 6. The van der Waals surface area contributed by atoms with E-state index in [-0.39, 0.29) is 29.7 Å². The van der Waals surface area contributed by atoms with Gasteiger partial charge in [-0.05, 0) is 61.2 Å². The van der Waals surface area contributed by atoms with Gasteiger partial charge in [0.2, 0.25) is 0 Å². The Morgan fingerprint density at radius 1 is 1.07 bits per heavy atom. The molecule has 0 aliphatic heterocycles. The van der Waals surface area contributed by atoms with Crippen LogP contribution in [0.5, 0.6) is 11.5 Å². The number of alkyl halides is 3. The normalized spacial score (nSPS) is 11.9. The number of benzene rings is 1. The van der Waals surface area contributed by atoms with E-state index in [9.17, 15) is 13.2 Å². The number of hydrogen-bond acceptors (Lipinski definition) is 4. The maximum atomic E-state index is 13.4. The van der Waals surface area contributed by atoms with E-state index in [0.29, 0.717) is 17.0 Å². The highest BCUT2D eigenvalue weighted by Gasteiger charge is 2.36. The van der Waals surface area contributed by atoms with Crippen molar-refractivity contribution in [2.75, 3.05) is 19.8 Å². The third-order valence-electron chi connectivity index (χ3n) is 3.68. The van der Waals surface area contributed by atoms with E-state index in [0.717, 1.165) is 37.5 Å². The van der Waals surface area contributed by atoms with E-state index in [1.54, 1.807) is 0 Å². The third kappa shape index (κ3) is 11.3. The van der Waals surface area contributed by atoms with Crippen molar-refractivity contribution < 1.29 is 27.5 Å². The van der Waals surface area contributed by atoms with Crippen LogP contribution >= 0.6 is 39.1 Å². The molecule has 0 atom stereocenters. The van der Waals surface area contributed by atoms with Crippen LogP contribution in [0, 0.1) is 0 Å². The topological polar surface area (TPSA) is 40.0 Å². The van der Waals surface area contributed by atoms with E-state index >= 15 is 0 Å². The Bertz CT molecular complexity index is 720. The molecule has 0 aliphatic rings. The lowest BCUT2D eigenvalue weighted by Crippen LogP contribution is -2.11. The number of hydrogen-bond donors (Lipinski definition) is 0. The van der Waals surface area contributed by atoms with E-state index in [4.69, 9.17) is 37.5 Å². The quantitative estimate of drug-likeness (QED) is 0.146. The largest absolute Gasteiger partial charge is 0.491 e. The minimum absolute atomic E-state index is 0.00659. The fourth-order valence-electron chi connectivity index (χ4n) is 2.36. The summed E-state index contributed by atoms with van der Waals surface area (Å²) in [4.78, 5) is 5.10. The van der Waals surface area contributed by atoms with Crippen LogP contribution in [0.25, 0.3) is 0 Å². The molecule has 0 bridgehead atoms. The van der Waals surface area contributed by atoms with Gasteiger partial charge in [-0.3, -0.25) is 0 Å². The molecule has 0 N–H and O–H groups in total. The molecule has 0 unspecified atom stereocenters. The lowest BCUT2D eigenvalue weighted by molar-refractivity contribution is -0.139. The summed E-state index contributed by atoms with van der Waals surface area (Å²) in [5.74, 6) is -0.405. The van der Waals surface area contributed by atoms with Gasteiger partial charge < -0.3 is 14.3 Å². The Morgan fingerprint density at radius 3 is 2.30 bits per heavy atom. The summed E-state index contributed by atoms with van der Waals surface area (Å²) in [6.07, 6.45) is 1.03. The molecule has 0 aromatic heterocycles. The molecule has 30 heavy (non-hydrogen) atoms. The molecule has 0 spiro atoms. The first kappa shape index (κ1) is 26.9. The molecular formula is C20H25BrCl2F3NO3. The van der Waals surface area contributed by atoms with E-state index in [1.165, 1.54) is 12.1 Å². The van der Waals surface area contributed by atoms with Gasteiger partial charge in [-0.25, -0.2) is 0 Å². The van der Waals surface area contributed by atoms with E-state index < -0.39 is 11.7 Å². The predicted molar refractivity (Wildman–Crippen MR) is 118 cm³/mol. The molecule has 1 aromatic carbocycles. The van der Waals surface area contributed by atoms with Crippen molar-refractivity contribution in [1.82, 2.24) is 0 Å². The Morgan fingerprint density at radius 2 is 1.70 bits per heavy atom. The summed E-state index contributed by atoms with van der Waals surface area (Å²) >= 11 is 14.6. The smallest absolute Gasteiger partial charge is 0.420 e. The summed E-state index contributed by atoms with van der Waals surface area (Å²) in [6, 6.07) is 2.17. The minimum atomic E-state index is -4.62. The zero-order valence-corrected chi connectivity index (χ0v) is 19.9. The number of unbranched alkanes of at least 4 members (excludes halogenated alkanes) is 4. The lowest BCUT2D eigenvalue weighted by atomic mass is 10.1. The van der Waals surface area contributed by atoms with Crippen LogP contribution in [-0.2, 0) is 11.0 Å². The van der Waals surface area contributed by atoms with Gasteiger partial charge in [-0.15, -0.1) is 0 Å². The highest BCUT2D eigenvalue weighted by molar-refractivity contribution is 9.12. The Hall–Kier alpha value is -1.12. The number of nitrogens with zero attached hydrogens (tertiary/aromatic N) is 1. The summed E-state index contributed by atoms with van der Waals surface area (Å²) in [6.45, 7) is 4.40. The second-order valence-corrected chi connectivity index (χ2v) is 8.70. The first-order valence-electron chi connectivity index (χ1n) is 9.42. The average Bonchev–Trinajstić information content (AvgIpc) is 2.62. The molecule has 0 heterocycles. The zero-order valence-electron chi connectivity index (χ0n) is 16.8. The maximum absolute atomic E-state index is 13.4. The monoisotopic (exact) mass is 533 g/mol. The summed E-state index contributed by atoms with van der Waals surface area (Å²) < 4.78 is 51.2. The van der Waals surface area contributed by atoms with Gasteiger partial charge in [0.25, 0.3) is 0 Å². The van der Waals surface area contributed by atoms with Crippen LogP contribution < -0.4 is 9.47 Å². The van der Waals surface area contributed by atoms with Crippen molar-refractivity contribution in [3.05, 3.63) is 32.7 Å². The van der Waals surface area contributed by atoms with E-state index in [2.05, 4.69) is 21.1 Å². The second kappa shape index (κ2) is 14.0. The number of rotatable bonds is 13. The van der Waals surface area contributed by atoms with Gasteiger partial charge in [-0.2, -0.15) is 13.2 Å². The fraction of sp³-hybridized carbons (Fsp3) is 0.550. The van der Waals surface area contributed by atoms with Crippen LogP contribution in [0.3, 0.4) is 0 Å². The number of ether oxygens (including phenoxy) is 2. The van der Waals surface area contributed by atoms with Crippen molar-refractivity contribution in [1.29, 1.82) is 0 Å². The van der Waals surface area contributed by atoms with Crippen molar-refractivity contribution in [2.45, 2.75) is 52.1 Å². The van der Waals surface area contributed by atoms with Crippen LogP contribution in [0.4, 0.5) is 13.2 Å². The molecule has 0 radical (unpaired) electrons. The molecule has 0 amide bonds. The Kier molecular flexibility index (Phi) is 12.6. The predicted octanol–water partition coefficient (Wildman–Crippen LogP) is 7.95. The van der Waals surface area contributed by atoms with Gasteiger partial charge >= 0.3 is 6.18 Å². The van der Waals surface area contributed by atoms with Crippen LogP contribution in [-0.4, -0.2) is 25.5 Å². The maximum Gasteiger partial charge on any atom is 0.420 e. The molecule has 10 heteroatoms. The van der Waals surface area contributed by atoms with Crippen LogP contribution in [0.15, 0.2) is 27.3 Å². The Balaban J connectivity index is 2.52. The van der Waals surface area contributed by atoms with Crippen molar-refractivity contribution in [3.8, 4) is 11.5 Å². The van der Waals surface area contributed by atoms with Gasteiger partial charge in [-0.1, -0.05) is 41.2 Å². The van der Waals surface area contributed by atoms with Crippen molar-refractivity contribution in [2.24, 2.45) is 5.16 Å². The molecule has 0 saturated heterocycles. The molecular weight excluding hydrogens is 510 g/mol. The summed E-state index contributed by atoms with van der Waals surface area (Å²) in [7, 11) is 0. The van der Waals surface area contributed by atoms with Crippen molar-refractivity contribution in [3.63, 3.8) is 0 Å². The number of oxime groups is 1. The summed E-state index contributed by atoms with van der Waals surface area (Å²) in [5.41, 5.74) is -0.105. The van der Waals surface area contributed by atoms with Gasteiger partial charge in [0.15, 0.2) is 0 Å².